The van der Waals surface area contributed by atoms with Gasteiger partial charge in [0.1, 0.15) is 12.4 Å². The Balaban J connectivity index is 1.66. The molecule has 0 saturated heterocycles. The number of nitrogens with zero attached hydrogens (tertiary/aromatic N) is 3. The SMILES string of the molecule is CCn1c(COc2ccccc2F)nnc1SCc1ccc(F)cc1. The Bertz CT molecular complexity index is 837. The average molecular weight is 361 g/mol. The van der Waals surface area contributed by atoms with Gasteiger partial charge in [0.2, 0.25) is 0 Å². The van der Waals surface area contributed by atoms with Gasteiger partial charge in [0.05, 0.1) is 0 Å². The van der Waals surface area contributed by atoms with Crippen LogP contribution in [0.2, 0.25) is 0 Å². The first-order valence-corrected chi connectivity index (χ1v) is 8.82. The highest BCUT2D eigenvalue weighted by Crippen LogP contribution is 2.23. The Kier molecular flexibility index (Phi) is 5.65. The number of benzene rings is 2. The number of aromatic nitrogens is 3. The van der Waals surface area contributed by atoms with Crippen LogP contribution >= 0.6 is 11.8 Å². The second kappa shape index (κ2) is 8.11. The van der Waals surface area contributed by atoms with Crippen LogP contribution in [0.3, 0.4) is 0 Å². The van der Waals surface area contributed by atoms with E-state index in [1.807, 2.05) is 11.5 Å². The number of rotatable bonds is 7. The van der Waals surface area contributed by atoms with Crippen LogP contribution in [0.15, 0.2) is 53.7 Å². The van der Waals surface area contributed by atoms with Crippen LogP contribution in [0.1, 0.15) is 18.3 Å². The molecule has 0 radical (unpaired) electrons. The van der Waals surface area contributed by atoms with Crippen molar-refractivity contribution in [3.63, 3.8) is 0 Å². The molecule has 0 amide bonds. The van der Waals surface area contributed by atoms with Gasteiger partial charge in [-0.1, -0.05) is 36.0 Å². The Morgan fingerprint density at radius 2 is 1.80 bits per heavy atom. The molecule has 0 aliphatic carbocycles. The van der Waals surface area contributed by atoms with Crippen molar-refractivity contribution in [1.82, 2.24) is 14.8 Å². The molecule has 0 fully saturated rings. The quantitative estimate of drug-likeness (QED) is 0.583. The largest absolute Gasteiger partial charge is 0.483 e. The predicted molar refractivity (Wildman–Crippen MR) is 92.4 cm³/mol. The van der Waals surface area contributed by atoms with Crippen LogP contribution in [-0.4, -0.2) is 14.8 Å². The summed E-state index contributed by atoms with van der Waals surface area (Å²) in [6, 6.07) is 12.6. The zero-order valence-corrected chi connectivity index (χ0v) is 14.5. The highest BCUT2D eigenvalue weighted by atomic mass is 32.2. The third-order valence-electron chi connectivity index (χ3n) is 3.58. The van der Waals surface area contributed by atoms with Crippen LogP contribution in [0.25, 0.3) is 0 Å². The molecule has 3 aromatic rings. The van der Waals surface area contributed by atoms with Crippen molar-refractivity contribution in [3.8, 4) is 5.75 Å². The van der Waals surface area contributed by atoms with E-state index in [9.17, 15) is 8.78 Å². The van der Waals surface area contributed by atoms with E-state index in [0.29, 0.717) is 18.1 Å². The molecule has 0 bridgehead atoms. The first kappa shape index (κ1) is 17.4. The third-order valence-corrected chi connectivity index (χ3v) is 4.62. The van der Waals surface area contributed by atoms with Crippen molar-refractivity contribution in [2.24, 2.45) is 0 Å². The summed E-state index contributed by atoms with van der Waals surface area (Å²) in [5, 5.41) is 9.07. The fourth-order valence-electron chi connectivity index (χ4n) is 2.28. The maximum absolute atomic E-state index is 13.6. The lowest BCUT2D eigenvalue weighted by Gasteiger charge is -2.09. The van der Waals surface area contributed by atoms with E-state index >= 15 is 0 Å². The summed E-state index contributed by atoms with van der Waals surface area (Å²) in [6.45, 7) is 2.80. The summed E-state index contributed by atoms with van der Waals surface area (Å²) in [5.41, 5.74) is 1.00. The number of hydrogen-bond donors (Lipinski definition) is 0. The van der Waals surface area contributed by atoms with Crippen LogP contribution in [-0.2, 0) is 18.9 Å². The lowest BCUT2D eigenvalue weighted by Crippen LogP contribution is -2.07. The molecule has 4 nitrogen and oxygen atoms in total. The molecule has 0 saturated carbocycles. The van der Waals surface area contributed by atoms with E-state index in [0.717, 1.165) is 10.7 Å². The molecule has 2 aromatic carbocycles. The van der Waals surface area contributed by atoms with Crippen molar-refractivity contribution in [1.29, 1.82) is 0 Å². The maximum atomic E-state index is 13.6. The van der Waals surface area contributed by atoms with Gasteiger partial charge in [0, 0.05) is 12.3 Å². The zero-order valence-electron chi connectivity index (χ0n) is 13.7. The fraction of sp³-hybridized carbons (Fsp3) is 0.222. The van der Waals surface area contributed by atoms with Crippen molar-refractivity contribution in [2.45, 2.75) is 31.0 Å². The van der Waals surface area contributed by atoms with Crippen molar-refractivity contribution in [3.05, 3.63) is 71.6 Å². The van der Waals surface area contributed by atoms with E-state index < -0.39 is 5.82 Å². The standard InChI is InChI=1S/C18H17F2N3OS/c1-2-23-17(11-24-16-6-4-3-5-15(16)20)21-22-18(23)25-12-13-7-9-14(19)10-8-13/h3-10H,2,11-12H2,1H3. The van der Waals surface area contributed by atoms with Crippen molar-refractivity contribution < 1.29 is 13.5 Å². The molecule has 0 unspecified atom stereocenters. The number of para-hydroxylation sites is 1. The minimum atomic E-state index is -0.407. The molecule has 1 heterocycles. The summed E-state index contributed by atoms with van der Waals surface area (Å²) in [4.78, 5) is 0. The molecule has 25 heavy (non-hydrogen) atoms. The van der Waals surface area contributed by atoms with Gasteiger partial charge in [-0.3, -0.25) is 0 Å². The topological polar surface area (TPSA) is 39.9 Å². The summed E-state index contributed by atoms with van der Waals surface area (Å²) in [5.74, 6) is 0.821. The Morgan fingerprint density at radius 3 is 2.52 bits per heavy atom. The lowest BCUT2D eigenvalue weighted by molar-refractivity contribution is 0.274. The second-order valence-corrected chi connectivity index (χ2v) is 6.22. The molecule has 0 aliphatic heterocycles. The number of ether oxygens (including phenoxy) is 1. The summed E-state index contributed by atoms with van der Waals surface area (Å²) in [6.07, 6.45) is 0. The van der Waals surface area contributed by atoms with Gasteiger partial charge in [0.15, 0.2) is 22.5 Å². The highest BCUT2D eigenvalue weighted by Gasteiger charge is 2.13. The zero-order chi connectivity index (χ0) is 17.6. The number of halogens is 2. The van der Waals surface area contributed by atoms with Crippen LogP contribution in [0.4, 0.5) is 8.78 Å². The normalized spacial score (nSPS) is 10.8. The predicted octanol–water partition coefficient (Wildman–Crippen LogP) is 4.45. The van der Waals surface area contributed by atoms with Gasteiger partial charge < -0.3 is 9.30 Å². The van der Waals surface area contributed by atoms with E-state index in [1.54, 1.807) is 30.3 Å². The van der Waals surface area contributed by atoms with Gasteiger partial charge in [-0.05, 0) is 36.8 Å². The lowest BCUT2D eigenvalue weighted by atomic mass is 10.2. The van der Waals surface area contributed by atoms with E-state index in [2.05, 4.69) is 10.2 Å². The Labute approximate surface area is 148 Å². The highest BCUT2D eigenvalue weighted by molar-refractivity contribution is 7.98. The number of thioether (sulfide) groups is 1. The molecule has 0 aliphatic rings. The molecule has 0 N–H and O–H groups in total. The second-order valence-electron chi connectivity index (χ2n) is 5.28. The number of hydrogen-bond acceptors (Lipinski definition) is 4. The molecule has 1 aromatic heterocycles. The smallest absolute Gasteiger partial charge is 0.191 e. The first-order valence-electron chi connectivity index (χ1n) is 7.84. The minimum absolute atomic E-state index is 0.138. The molecule has 7 heteroatoms. The van der Waals surface area contributed by atoms with E-state index in [-0.39, 0.29) is 18.2 Å². The van der Waals surface area contributed by atoms with Crippen LogP contribution in [0.5, 0.6) is 5.75 Å². The van der Waals surface area contributed by atoms with Gasteiger partial charge in [-0.25, -0.2) is 8.78 Å². The molecule has 3 rings (SSSR count). The van der Waals surface area contributed by atoms with E-state index in [1.165, 1.54) is 30.0 Å². The summed E-state index contributed by atoms with van der Waals surface area (Å²) < 4.78 is 34.0. The molecule has 0 atom stereocenters. The van der Waals surface area contributed by atoms with Gasteiger partial charge in [-0.2, -0.15) is 0 Å². The Hall–Kier alpha value is -2.41. The minimum Gasteiger partial charge on any atom is -0.483 e. The molecular formula is C18H17F2N3OS. The monoisotopic (exact) mass is 361 g/mol. The van der Waals surface area contributed by atoms with Gasteiger partial charge in [-0.15, -0.1) is 10.2 Å². The molecule has 130 valence electrons. The van der Waals surface area contributed by atoms with Crippen molar-refractivity contribution in [2.75, 3.05) is 0 Å². The summed E-state index contributed by atoms with van der Waals surface area (Å²) in [7, 11) is 0. The Morgan fingerprint density at radius 1 is 1.04 bits per heavy atom. The molecule has 0 spiro atoms. The third kappa shape index (κ3) is 4.36. The van der Waals surface area contributed by atoms with Crippen LogP contribution < -0.4 is 4.74 Å². The maximum Gasteiger partial charge on any atom is 0.191 e. The molecular weight excluding hydrogens is 344 g/mol. The fourth-order valence-corrected chi connectivity index (χ4v) is 3.26. The van der Waals surface area contributed by atoms with Gasteiger partial charge in [0.25, 0.3) is 0 Å². The van der Waals surface area contributed by atoms with Crippen molar-refractivity contribution >= 4 is 11.8 Å². The summed E-state index contributed by atoms with van der Waals surface area (Å²) >= 11 is 1.51. The van der Waals surface area contributed by atoms with Crippen LogP contribution in [0, 0.1) is 11.6 Å². The average Bonchev–Trinajstić information content (AvgIpc) is 3.02. The first-order chi connectivity index (χ1) is 12.2. The van der Waals surface area contributed by atoms with Gasteiger partial charge >= 0.3 is 0 Å². The van der Waals surface area contributed by atoms with E-state index in [4.69, 9.17) is 4.74 Å².